The molecule has 19 heteroatoms. The van der Waals surface area contributed by atoms with Crippen molar-refractivity contribution in [2.24, 2.45) is 17.8 Å². The van der Waals surface area contributed by atoms with Crippen LogP contribution in [0.15, 0.2) is 0 Å². The van der Waals surface area contributed by atoms with Crippen molar-refractivity contribution in [1.29, 1.82) is 0 Å². The van der Waals surface area contributed by atoms with Crippen LogP contribution in [-0.2, 0) is 65.4 Å². The Morgan fingerprint density at radius 2 is 0.545 bits per heavy atom. The van der Waals surface area contributed by atoms with Crippen LogP contribution in [0.1, 0.15) is 344 Å². The fourth-order valence-corrected chi connectivity index (χ4v) is 11.8. The number of phosphoric acid groups is 2. The summed E-state index contributed by atoms with van der Waals surface area (Å²) in [7, 11) is -9.90. The number of rotatable bonds is 67. The summed E-state index contributed by atoms with van der Waals surface area (Å²) in [6.45, 7) is 11.8. The third kappa shape index (κ3) is 59.1. The Kier molecular flexibility index (Phi) is 58.7. The van der Waals surface area contributed by atoms with Gasteiger partial charge >= 0.3 is 39.5 Å². The summed E-state index contributed by atoms with van der Waals surface area (Å²) < 4.78 is 68.2. The van der Waals surface area contributed by atoms with Gasteiger partial charge in [-0.05, 0) is 43.4 Å². The Morgan fingerprint density at radius 1 is 0.318 bits per heavy atom. The number of hydrogen-bond acceptors (Lipinski definition) is 15. The Morgan fingerprint density at radius 3 is 0.807 bits per heavy atom. The molecule has 5 unspecified atom stereocenters. The van der Waals surface area contributed by atoms with Crippen LogP contribution >= 0.6 is 15.6 Å². The van der Waals surface area contributed by atoms with Crippen molar-refractivity contribution >= 4 is 39.5 Å². The van der Waals surface area contributed by atoms with Gasteiger partial charge in [0.05, 0.1) is 26.4 Å². The number of ether oxygens (including phenoxy) is 4. The topological polar surface area (TPSA) is 237 Å². The number of aliphatic hydroxyl groups excluding tert-OH is 1. The van der Waals surface area contributed by atoms with Crippen molar-refractivity contribution in [3.05, 3.63) is 0 Å². The van der Waals surface area contributed by atoms with Gasteiger partial charge in [0.15, 0.2) is 12.2 Å². The highest BCUT2D eigenvalue weighted by atomic mass is 31.2. The molecule has 0 aromatic rings. The van der Waals surface area contributed by atoms with Gasteiger partial charge < -0.3 is 33.8 Å². The van der Waals surface area contributed by atoms with Crippen LogP contribution in [0.3, 0.4) is 0 Å². The fourth-order valence-electron chi connectivity index (χ4n) is 10.3. The number of aliphatic hydroxyl groups is 1. The summed E-state index contributed by atoms with van der Waals surface area (Å²) in [6, 6.07) is 0. The van der Waals surface area contributed by atoms with Gasteiger partial charge in [-0.1, -0.05) is 292 Å². The molecule has 0 aliphatic heterocycles. The maximum absolute atomic E-state index is 13.0. The monoisotopic (exact) mass is 1300 g/mol. The standard InChI is InChI=1S/C69H134O17P2/c1-8-12-13-14-15-16-24-27-36-43-50-66(71)79-56-65(86-69(74)53-46-39-32-30-35-42-49-62(7)11-4)59-84-88(77,78)82-55-63(70)54-81-87(75,76)83-58-64(57-80-67(72)51-44-37-31-29-34-41-48-61(6)10-3)85-68(73)52-45-38-28-25-22-20-18-17-19-21-23-26-33-40-47-60(5)9-2/h60-65,70H,8-59H2,1-7H3,(H,75,76)(H,77,78)/t60?,61?,62?,63-,64-,65-/m1/s1. The number of hydrogen-bond donors (Lipinski definition) is 3. The third-order valence-electron chi connectivity index (χ3n) is 17.0. The van der Waals surface area contributed by atoms with E-state index in [1.54, 1.807) is 0 Å². The molecule has 3 N–H and O–H groups in total. The van der Waals surface area contributed by atoms with Crippen LogP contribution in [0.25, 0.3) is 0 Å². The maximum atomic E-state index is 13.0. The number of unbranched alkanes of at least 4 members (excludes halogenated alkanes) is 32. The maximum Gasteiger partial charge on any atom is 0.472 e. The average Bonchev–Trinajstić information content (AvgIpc) is 3.55. The van der Waals surface area contributed by atoms with Crippen LogP contribution < -0.4 is 0 Å². The van der Waals surface area contributed by atoms with E-state index in [-0.39, 0.29) is 25.7 Å². The number of carbonyl (C=O) groups is 4. The van der Waals surface area contributed by atoms with Crippen LogP contribution in [0.5, 0.6) is 0 Å². The van der Waals surface area contributed by atoms with E-state index in [0.717, 1.165) is 114 Å². The van der Waals surface area contributed by atoms with E-state index in [0.29, 0.717) is 25.7 Å². The summed E-state index contributed by atoms with van der Waals surface area (Å²) in [5.41, 5.74) is 0. The second-order valence-electron chi connectivity index (χ2n) is 25.6. The predicted molar refractivity (Wildman–Crippen MR) is 354 cm³/mol. The largest absolute Gasteiger partial charge is 0.472 e. The molecule has 0 aromatic heterocycles. The van der Waals surface area contributed by atoms with E-state index in [2.05, 4.69) is 48.5 Å². The predicted octanol–water partition coefficient (Wildman–Crippen LogP) is 19.5. The third-order valence-corrected chi connectivity index (χ3v) is 18.9. The van der Waals surface area contributed by atoms with E-state index >= 15 is 0 Å². The van der Waals surface area contributed by atoms with Crippen molar-refractivity contribution in [1.82, 2.24) is 0 Å². The minimum absolute atomic E-state index is 0.103. The molecular formula is C69H134O17P2. The summed E-state index contributed by atoms with van der Waals surface area (Å²) in [5, 5.41) is 10.6. The normalized spacial score (nSPS) is 15.2. The highest BCUT2D eigenvalue weighted by molar-refractivity contribution is 7.47. The van der Waals surface area contributed by atoms with E-state index < -0.39 is 97.5 Å². The van der Waals surface area contributed by atoms with Crippen LogP contribution in [0, 0.1) is 17.8 Å². The first-order valence-corrected chi connectivity index (χ1v) is 39.0. The molecule has 8 atom stereocenters. The van der Waals surface area contributed by atoms with Crippen LogP contribution in [0.2, 0.25) is 0 Å². The molecule has 0 aliphatic carbocycles. The fraction of sp³-hybridized carbons (Fsp3) is 0.942. The first kappa shape index (κ1) is 86.1. The SMILES string of the molecule is CCCCCCCCCCCCC(=O)OC[C@H](COP(=O)(O)OC[C@H](O)COP(=O)(O)OC[C@@H](COC(=O)CCCCCCCCC(C)CC)OC(=O)CCCCCCCCCCCCCCCCC(C)CC)OC(=O)CCCCCCCCC(C)CC. The molecule has 522 valence electrons. The lowest BCUT2D eigenvalue weighted by molar-refractivity contribution is -0.161. The molecule has 0 heterocycles. The van der Waals surface area contributed by atoms with Crippen molar-refractivity contribution < 1.29 is 80.2 Å². The van der Waals surface area contributed by atoms with Gasteiger partial charge in [-0.25, -0.2) is 9.13 Å². The first-order chi connectivity index (χ1) is 42.3. The van der Waals surface area contributed by atoms with E-state index in [1.807, 2.05) is 0 Å². The average molecular weight is 1300 g/mol. The molecule has 0 bridgehead atoms. The van der Waals surface area contributed by atoms with Gasteiger partial charge in [0.2, 0.25) is 0 Å². The minimum Gasteiger partial charge on any atom is -0.462 e. The Balaban J connectivity index is 5.22. The van der Waals surface area contributed by atoms with Gasteiger partial charge in [-0.3, -0.25) is 37.3 Å². The van der Waals surface area contributed by atoms with Gasteiger partial charge in [-0.15, -0.1) is 0 Å². The number of esters is 4. The zero-order valence-corrected chi connectivity index (χ0v) is 59.0. The molecule has 0 fully saturated rings. The molecule has 0 aliphatic rings. The van der Waals surface area contributed by atoms with Crippen LogP contribution in [-0.4, -0.2) is 96.7 Å². The molecule has 0 radical (unpaired) electrons. The number of carbonyl (C=O) groups excluding carboxylic acids is 4. The van der Waals surface area contributed by atoms with Crippen LogP contribution in [0.4, 0.5) is 0 Å². The van der Waals surface area contributed by atoms with Gasteiger partial charge in [0, 0.05) is 25.7 Å². The van der Waals surface area contributed by atoms with Gasteiger partial charge in [0.25, 0.3) is 0 Å². The number of phosphoric ester groups is 2. The zero-order valence-electron chi connectivity index (χ0n) is 57.2. The van der Waals surface area contributed by atoms with Crippen molar-refractivity contribution in [3.8, 4) is 0 Å². The van der Waals surface area contributed by atoms with E-state index in [9.17, 15) is 43.2 Å². The molecule has 0 saturated heterocycles. The minimum atomic E-state index is -4.95. The van der Waals surface area contributed by atoms with Crippen molar-refractivity contribution in [2.45, 2.75) is 362 Å². The summed E-state index contributed by atoms with van der Waals surface area (Å²) in [4.78, 5) is 72.4. The zero-order chi connectivity index (χ0) is 65.2. The van der Waals surface area contributed by atoms with E-state index in [4.69, 9.17) is 37.0 Å². The van der Waals surface area contributed by atoms with Gasteiger partial charge in [0.1, 0.15) is 19.3 Å². The second-order valence-corrected chi connectivity index (χ2v) is 28.6. The summed E-state index contributed by atoms with van der Waals surface area (Å²) >= 11 is 0. The van der Waals surface area contributed by atoms with Crippen molar-refractivity contribution in [2.75, 3.05) is 39.6 Å². The smallest absolute Gasteiger partial charge is 0.462 e. The lowest BCUT2D eigenvalue weighted by Gasteiger charge is -2.21. The Hall–Kier alpha value is -1.94. The van der Waals surface area contributed by atoms with Gasteiger partial charge in [-0.2, -0.15) is 0 Å². The second kappa shape index (κ2) is 60.0. The molecule has 88 heavy (non-hydrogen) atoms. The molecule has 0 rings (SSSR count). The molecule has 0 aromatic carbocycles. The molecule has 0 saturated carbocycles. The quantitative estimate of drug-likeness (QED) is 0.0222. The summed E-state index contributed by atoms with van der Waals surface area (Å²) in [6.07, 6.45) is 43.1. The van der Waals surface area contributed by atoms with Crippen molar-refractivity contribution in [3.63, 3.8) is 0 Å². The lowest BCUT2D eigenvalue weighted by atomic mass is 9.99. The molecule has 0 spiro atoms. The van der Waals surface area contributed by atoms with E-state index in [1.165, 1.54) is 148 Å². The summed E-state index contributed by atoms with van der Waals surface area (Å²) in [5.74, 6) is 0.165. The Bertz CT molecular complexity index is 1740. The molecular weight excluding hydrogens is 1160 g/mol. The Labute approximate surface area is 537 Å². The highest BCUT2D eigenvalue weighted by Crippen LogP contribution is 2.45. The lowest BCUT2D eigenvalue weighted by Crippen LogP contribution is -2.30. The highest BCUT2D eigenvalue weighted by Gasteiger charge is 2.30. The molecule has 0 amide bonds. The first-order valence-electron chi connectivity index (χ1n) is 36.0. The molecule has 17 nitrogen and oxygen atoms in total.